The van der Waals surface area contributed by atoms with Crippen molar-refractivity contribution in [1.29, 1.82) is 0 Å². The van der Waals surface area contributed by atoms with Crippen molar-refractivity contribution < 1.29 is 95.9 Å². The number of amides is 2. The van der Waals surface area contributed by atoms with Crippen molar-refractivity contribution in [3.05, 3.63) is 95.8 Å². The number of hydrogen-bond acceptors (Lipinski definition) is 21. The van der Waals surface area contributed by atoms with Crippen LogP contribution in [0, 0.1) is 0 Å². The summed E-state index contributed by atoms with van der Waals surface area (Å²) < 4.78 is 149. The Labute approximate surface area is 450 Å². The number of ether oxygens (including phenoxy) is 7. The molecule has 3 aliphatic rings. The molecule has 0 bridgehead atoms. The van der Waals surface area contributed by atoms with Crippen LogP contribution in [0.25, 0.3) is 0 Å². The monoisotopic (exact) mass is 1140 g/mol. The van der Waals surface area contributed by atoms with Crippen LogP contribution in [-0.2, 0) is 93.6 Å². The van der Waals surface area contributed by atoms with Gasteiger partial charge in [-0.3, -0.25) is 9.59 Å². The summed E-state index contributed by atoms with van der Waals surface area (Å²) >= 11 is 0. The number of carbonyl (C=O) groups is 3. The minimum Gasteiger partial charge on any atom is -0.748 e. The number of anilines is 1. The second-order valence-corrected chi connectivity index (χ2v) is 22.5. The van der Waals surface area contributed by atoms with Gasteiger partial charge in [-0.2, -0.15) is 4.58 Å². The SMILES string of the molecule is COCCOCCOCCOCCOCC[N+]1=C(/C=C/C=C/C=C/C=C2/N(CCOCCC(=O)ON3C(=O)CCC3=O)c3ccc(S(=O)(=O)[O-])cc3C2(C)CCOC)C(C)(CCCS(=O)(=O)[O-])c2cc(S(=O)(=O)[O-])ccc21. The van der Waals surface area contributed by atoms with Gasteiger partial charge in [0.2, 0.25) is 5.69 Å². The molecule has 0 radical (unpaired) electrons. The van der Waals surface area contributed by atoms with Crippen LogP contribution in [0.15, 0.2) is 94.4 Å². The Morgan fingerprint density at radius 1 is 0.649 bits per heavy atom. The predicted molar refractivity (Wildman–Crippen MR) is 274 cm³/mol. The number of hydrogen-bond donors (Lipinski definition) is 0. The fourth-order valence-corrected chi connectivity index (χ4v) is 10.5. The lowest BCUT2D eigenvalue weighted by molar-refractivity contribution is -0.442. The minimum absolute atomic E-state index is 0.0472. The molecule has 3 aliphatic heterocycles. The molecule has 2 atom stereocenters. The topological polar surface area (TPSA) is 306 Å². The van der Waals surface area contributed by atoms with Gasteiger partial charge in [0.05, 0.1) is 97.8 Å². The van der Waals surface area contributed by atoms with E-state index in [4.69, 9.17) is 38.0 Å². The fourth-order valence-electron chi connectivity index (χ4n) is 9.06. The number of nitrogens with zero attached hydrogens (tertiary/aromatic N) is 3. The Morgan fingerprint density at radius 2 is 1.19 bits per heavy atom. The Balaban J connectivity index is 1.36. The highest BCUT2D eigenvalue weighted by Crippen LogP contribution is 2.51. The van der Waals surface area contributed by atoms with E-state index in [9.17, 15) is 53.3 Å². The van der Waals surface area contributed by atoms with Crippen molar-refractivity contribution in [1.82, 2.24) is 5.06 Å². The normalized spacial score (nSPS) is 19.6. The highest BCUT2D eigenvalue weighted by Gasteiger charge is 2.48. The molecule has 2 aromatic carbocycles. The van der Waals surface area contributed by atoms with Gasteiger partial charge in [-0.1, -0.05) is 30.4 Å². The summed E-state index contributed by atoms with van der Waals surface area (Å²) in [6, 6.07) is 8.13. The number of rotatable bonds is 35. The van der Waals surface area contributed by atoms with Gasteiger partial charge in [0.25, 0.3) is 11.8 Å². The molecule has 0 aromatic heterocycles. The van der Waals surface area contributed by atoms with Gasteiger partial charge in [0.15, 0.2) is 12.3 Å². The van der Waals surface area contributed by atoms with Crippen molar-refractivity contribution in [2.24, 2.45) is 0 Å². The van der Waals surface area contributed by atoms with Crippen LogP contribution >= 0.6 is 0 Å². The van der Waals surface area contributed by atoms with Crippen LogP contribution in [0.1, 0.15) is 63.5 Å². The molecule has 23 nitrogen and oxygen atoms in total. The number of hydroxylamine groups is 2. The summed E-state index contributed by atoms with van der Waals surface area (Å²) in [5, 5.41) is 0.457. The van der Waals surface area contributed by atoms with Crippen LogP contribution in [0.5, 0.6) is 0 Å². The molecule has 0 aliphatic carbocycles. The van der Waals surface area contributed by atoms with E-state index in [-0.39, 0.29) is 84.8 Å². The van der Waals surface area contributed by atoms with E-state index in [0.717, 1.165) is 0 Å². The molecule has 0 saturated carbocycles. The smallest absolute Gasteiger partial charge is 0.335 e. The summed E-state index contributed by atoms with van der Waals surface area (Å²) in [7, 11) is -11.2. The maximum Gasteiger partial charge on any atom is 0.335 e. The number of allylic oxidation sites excluding steroid dienone is 8. The number of carbonyl (C=O) groups excluding carboxylic acids is 3. The molecule has 77 heavy (non-hydrogen) atoms. The first kappa shape index (κ1) is 62.8. The molecule has 3 heterocycles. The predicted octanol–water partition coefficient (Wildman–Crippen LogP) is 3.27. The third kappa shape index (κ3) is 18.0. The fraction of sp³-hybridized carbons (Fsp3) is 0.529. The van der Waals surface area contributed by atoms with Crippen molar-refractivity contribution in [2.75, 3.05) is 117 Å². The maximum atomic E-state index is 12.4. The van der Waals surface area contributed by atoms with E-state index in [1.807, 2.05) is 22.5 Å². The van der Waals surface area contributed by atoms with Gasteiger partial charge < -0.3 is 56.6 Å². The van der Waals surface area contributed by atoms with E-state index < -0.39 is 74.5 Å². The first-order chi connectivity index (χ1) is 36.5. The molecule has 2 unspecified atom stereocenters. The Bertz CT molecular complexity index is 2870. The van der Waals surface area contributed by atoms with E-state index in [1.165, 1.54) is 37.4 Å². The van der Waals surface area contributed by atoms with Crippen molar-refractivity contribution in [2.45, 2.75) is 73.0 Å². The average Bonchev–Trinajstić information content (AvgIpc) is 3.92. The van der Waals surface area contributed by atoms with Crippen LogP contribution < -0.4 is 4.90 Å². The minimum atomic E-state index is -4.90. The second kappa shape index (κ2) is 29.2. The molecule has 2 aromatic rings. The largest absolute Gasteiger partial charge is 0.748 e. The number of methoxy groups -OCH3 is 2. The van der Waals surface area contributed by atoms with E-state index >= 15 is 0 Å². The van der Waals surface area contributed by atoms with E-state index in [1.54, 1.807) is 56.6 Å². The summed E-state index contributed by atoms with van der Waals surface area (Å²) in [5.74, 6) is -2.72. The molecule has 1 fully saturated rings. The third-order valence-electron chi connectivity index (χ3n) is 12.9. The third-order valence-corrected chi connectivity index (χ3v) is 15.4. The molecule has 2 amide bonds. The highest BCUT2D eigenvalue weighted by atomic mass is 32.2. The highest BCUT2D eigenvalue weighted by molar-refractivity contribution is 7.86. The average molecular weight is 1140 g/mol. The maximum absolute atomic E-state index is 12.4. The first-order valence-electron chi connectivity index (χ1n) is 24.8. The molecule has 5 rings (SSSR count). The second-order valence-electron chi connectivity index (χ2n) is 18.3. The number of imide groups is 1. The van der Waals surface area contributed by atoms with Crippen molar-refractivity contribution in [3.63, 3.8) is 0 Å². The summed E-state index contributed by atoms with van der Waals surface area (Å²) in [5.41, 5.74) is 1.50. The zero-order valence-electron chi connectivity index (χ0n) is 43.6. The first-order valence-corrected chi connectivity index (χ1v) is 29.2. The van der Waals surface area contributed by atoms with Crippen LogP contribution in [-0.4, -0.2) is 184 Å². The number of fused-ring (bicyclic) bond motifs is 2. The van der Waals surface area contributed by atoms with Gasteiger partial charge in [-0.05, 0) is 75.1 Å². The lowest BCUT2D eigenvalue weighted by Crippen LogP contribution is -2.33. The van der Waals surface area contributed by atoms with Gasteiger partial charge in [0, 0.05) is 80.5 Å². The summed E-state index contributed by atoms with van der Waals surface area (Å²) in [6.07, 6.45) is 12.3. The Kier molecular flexibility index (Phi) is 23.8. The molecule has 0 N–H and O–H groups in total. The Hall–Kier alpha value is -5.07. The molecule has 0 spiro atoms. The lowest BCUT2D eigenvalue weighted by atomic mass is 9.76. The summed E-state index contributed by atoms with van der Waals surface area (Å²) in [6.45, 7) is 7.53. The summed E-state index contributed by atoms with van der Waals surface area (Å²) in [4.78, 5) is 42.1. The standard InChI is InChI=1S/C51H69N3O20S3/c1-50(20-10-36-75(58,59)60)41-37-39(76(61,62)63)13-15-43(41)52(23-27-70-30-31-72-34-35-73-33-32-71-29-28-68-4)45(50)11-8-6-5-7-9-12-46-51(2,21-25-67-3)42-38-40(77(64,65)66)14-16-44(42)53(46)22-26-69-24-19-49(57)74-54-47(55)17-18-48(54)56/h5-9,11-16,37-38H,10,17-36H2,1-4H3,(H2-,58,59,60,61,62,63,64,65,66)/p-2. The Morgan fingerprint density at radius 3 is 1.79 bits per heavy atom. The molecule has 26 heteroatoms. The number of benzene rings is 2. The quantitative estimate of drug-likeness (QED) is 0.0314. The van der Waals surface area contributed by atoms with Crippen LogP contribution in [0.2, 0.25) is 0 Å². The van der Waals surface area contributed by atoms with E-state index in [2.05, 4.69) is 0 Å². The molecule has 1 saturated heterocycles. The van der Waals surface area contributed by atoms with Crippen LogP contribution in [0.4, 0.5) is 11.4 Å². The zero-order chi connectivity index (χ0) is 56.3. The van der Waals surface area contributed by atoms with Gasteiger partial charge in [-0.25, -0.2) is 30.0 Å². The lowest BCUT2D eigenvalue weighted by Gasteiger charge is -2.30. The van der Waals surface area contributed by atoms with E-state index in [0.29, 0.717) is 85.0 Å². The van der Waals surface area contributed by atoms with Gasteiger partial charge >= 0.3 is 5.97 Å². The molecular formula is C51H67N3O20S3-2. The van der Waals surface area contributed by atoms with Gasteiger partial charge in [0.1, 0.15) is 26.8 Å². The van der Waals surface area contributed by atoms with Gasteiger partial charge in [-0.15, -0.1) is 5.06 Å². The van der Waals surface area contributed by atoms with Crippen molar-refractivity contribution >= 4 is 65.2 Å². The van der Waals surface area contributed by atoms with Crippen LogP contribution in [0.3, 0.4) is 0 Å². The van der Waals surface area contributed by atoms with Crippen molar-refractivity contribution in [3.8, 4) is 0 Å². The molecular weight excluding hydrogens is 1070 g/mol. The zero-order valence-corrected chi connectivity index (χ0v) is 46.0. The molecule has 426 valence electrons.